The summed E-state index contributed by atoms with van der Waals surface area (Å²) in [4.78, 5) is 29.5. The molecule has 2 atom stereocenters. The van der Waals surface area contributed by atoms with Crippen LogP contribution in [0.15, 0.2) is 70.9 Å². The van der Waals surface area contributed by atoms with Crippen LogP contribution in [0, 0.1) is 0 Å². The van der Waals surface area contributed by atoms with Gasteiger partial charge in [-0.05, 0) is 21.3 Å². The molecule has 0 saturated heterocycles. The van der Waals surface area contributed by atoms with E-state index in [1.54, 1.807) is 12.1 Å². The summed E-state index contributed by atoms with van der Waals surface area (Å²) < 4.78 is 4.49. The number of carbonyl (C=O) groups excluding carboxylic acids is 2. The zero-order valence-electron chi connectivity index (χ0n) is 13.6. The van der Waals surface area contributed by atoms with Crippen molar-refractivity contribution in [2.45, 2.75) is 11.4 Å². The van der Waals surface area contributed by atoms with E-state index < -0.39 is 23.4 Å². The lowest BCUT2D eigenvalue weighted by Crippen LogP contribution is -2.42. The van der Waals surface area contributed by atoms with Crippen LogP contribution in [0.5, 0.6) is 0 Å². The van der Waals surface area contributed by atoms with Gasteiger partial charge in [0.05, 0.1) is 0 Å². The average molecular weight is 368 g/mol. The molecule has 136 valence electrons. The molecule has 2 rings (SSSR count). The maximum absolute atomic E-state index is 12.3. The van der Waals surface area contributed by atoms with Gasteiger partial charge in [0.15, 0.2) is 0 Å². The van der Waals surface area contributed by atoms with Gasteiger partial charge in [-0.15, -0.1) is 0 Å². The molecule has 0 aromatic heterocycles. The lowest BCUT2D eigenvalue weighted by atomic mass is 10.0. The topological polar surface area (TPSA) is 181 Å². The third kappa shape index (κ3) is 3.87. The Morgan fingerprint density at radius 3 is 1.41 bits per heavy atom. The van der Waals surface area contributed by atoms with Gasteiger partial charge >= 0.3 is 11.9 Å². The van der Waals surface area contributed by atoms with Gasteiger partial charge in [-0.2, -0.15) is 0 Å². The van der Waals surface area contributed by atoms with Crippen molar-refractivity contribution in [1.82, 2.24) is 0 Å². The Labute approximate surface area is 151 Å². The van der Waals surface area contributed by atoms with E-state index in [2.05, 4.69) is 24.8 Å². The molecule has 2 aromatic rings. The minimum atomic E-state index is -2.88. The van der Waals surface area contributed by atoms with Gasteiger partial charge < -0.3 is 14.9 Å². The molecule has 2 aromatic carbocycles. The fraction of sp³-hybridized carbons (Fsp3) is 0.125. The largest absolute Gasteiger partial charge is 0.388 e. The van der Waals surface area contributed by atoms with E-state index in [4.69, 9.17) is 11.1 Å². The molecule has 0 saturated carbocycles. The number of aliphatic hydroxyl groups is 2. The van der Waals surface area contributed by atoms with E-state index in [1.165, 1.54) is 48.5 Å². The summed E-state index contributed by atoms with van der Waals surface area (Å²) in [6, 6.07) is 14.0. The number of nitrogens with zero attached hydrogens (tertiary/aromatic N) is 6. The number of carbonyl (C=O) groups is 2. The van der Waals surface area contributed by atoms with Gasteiger partial charge in [0.2, 0.25) is 0 Å². The Kier molecular flexibility index (Phi) is 5.76. The highest BCUT2D eigenvalue weighted by Crippen LogP contribution is 2.29. The van der Waals surface area contributed by atoms with Crippen LogP contribution >= 0.6 is 0 Å². The lowest BCUT2D eigenvalue weighted by Gasteiger charge is -2.24. The Hall–Kier alpha value is -3.88. The van der Waals surface area contributed by atoms with E-state index in [0.29, 0.717) is 0 Å². The SMILES string of the molecule is [N-]=[N+]=NC(O)(C(=O)OC(=O)C(O)(N=[N+]=[N-])c1ccccc1)c1ccccc1. The monoisotopic (exact) mass is 368 g/mol. The second-order valence-corrected chi connectivity index (χ2v) is 5.13. The summed E-state index contributed by atoms with van der Waals surface area (Å²) in [5.41, 5.74) is 11.2. The van der Waals surface area contributed by atoms with Gasteiger partial charge in [0.1, 0.15) is 0 Å². The van der Waals surface area contributed by atoms with Crippen molar-refractivity contribution in [3.05, 3.63) is 92.7 Å². The number of esters is 2. The van der Waals surface area contributed by atoms with E-state index >= 15 is 0 Å². The molecule has 0 fully saturated rings. The van der Waals surface area contributed by atoms with Gasteiger partial charge in [-0.1, -0.05) is 60.7 Å². The second-order valence-electron chi connectivity index (χ2n) is 5.13. The van der Waals surface area contributed by atoms with E-state index in [9.17, 15) is 19.8 Å². The van der Waals surface area contributed by atoms with Crippen molar-refractivity contribution in [1.29, 1.82) is 0 Å². The molecule has 27 heavy (non-hydrogen) atoms. The van der Waals surface area contributed by atoms with Crippen molar-refractivity contribution in [2.75, 3.05) is 0 Å². The lowest BCUT2D eigenvalue weighted by molar-refractivity contribution is -0.186. The second kappa shape index (κ2) is 8.00. The van der Waals surface area contributed by atoms with Crippen LogP contribution in [0.3, 0.4) is 0 Å². The molecule has 0 bridgehead atoms. The van der Waals surface area contributed by atoms with Crippen LogP contribution in [0.4, 0.5) is 0 Å². The molecular weight excluding hydrogens is 356 g/mol. The van der Waals surface area contributed by atoms with Crippen LogP contribution in [-0.2, 0) is 25.8 Å². The third-order valence-corrected chi connectivity index (χ3v) is 3.49. The normalized spacial score (nSPS) is 14.4. The van der Waals surface area contributed by atoms with Gasteiger partial charge in [-0.3, -0.25) is 0 Å². The number of hydrogen-bond acceptors (Lipinski definition) is 7. The maximum atomic E-state index is 12.3. The molecule has 2 unspecified atom stereocenters. The molecule has 11 nitrogen and oxygen atoms in total. The first-order chi connectivity index (χ1) is 12.9. The Bertz CT molecular complexity index is 863. The van der Waals surface area contributed by atoms with Crippen LogP contribution in [0.1, 0.15) is 11.1 Å². The van der Waals surface area contributed by atoms with Crippen molar-refractivity contribution in [2.24, 2.45) is 10.2 Å². The predicted octanol–water partition coefficient (Wildman–Crippen LogP) is 2.37. The summed E-state index contributed by atoms with van der Waals surface area (Å²) in [6.07, 6.45) is 0. The molecule has 0 radical (unpaired) electrons. The number of rotatable bonds is 6. The average Bonchev–Trinajstić information content (AvgIpc) is 2.69. The molecule has 0 spiro atoms. The third-order valence-electron chi connectivity index (χ3n) is 3.49. The predicted molar refractivity (Wildman–Crippen MR) is 90.1 cm³/mol. The minimum absolute atomic E-state index is 0.173. The van der Waals surface area contributed by atoms with E-state index in [0.717, 1.165) is 0 Å². The highest BCUT2D eigenvalue weighted by Gasteiger charge is 2.46. The molecule has 0 heterocycles. The maximum Gasteiger partial charge on any atom is 0.356 e. The molecule has 0 aliphatic heterocycles. The van der Waals surface area contributed by atoms with Crippen LogP contribution in [0.2, 0.25) is 0 Å². The Morgan fingerprint density at radius 1 is 0.778 bits per heavy atom. The smallest absolute Gasteiger partial charge is 0.356 e. The standard InChI is InChI=1S/C16H12N6O5/c17-21-19-15(25,11-7-3-1-4-8-11)13(23)27-14(24)16(26,20-22-18)12-9-5-2-6-10-12/h1-10,25-26H. The van der Waals surface area contributed by atoms with Gasteiger partial charge in [-0.25, -0.2) is 9.59 Å². The van der Waals surface area contributed by atoms with Crippen molar-refractivity contribution in [3.63, 3.8) is 0 Å². The summed E-state index contributed by atoms with van der Waals surface area (Å²) in [5.74, 6) is -3.36. The highest BCUT2D eigenvalue weighted by atomic mass is 16.6. The number of hydrogen-bond donors (Lipinski definition) is 2. The van der Waals surface area contributed by atoms with Gasteiger partial charge in [0.25, 0.3) is 11.4 Å². The summed E-state index contributed by atoms with van der Waals surface area (Å²) in [7, 11) is 0. The Balaban J connectivity index is 2.40. The van der Waals surface area contributed by atoms with E-state index in [-0.39, 0.29) is 11.1 Å². The molecule has 0 amide bonds. The zero-order valence-corrected chi connectivity index (χ0v) is 13.6. The fourth-order valence-corrected chi connectivity index (χ4v) is 2.13. The first-order valence-electron chi connectivity index (χ1n) is 7.33. The van der Waals surface area contributed by atoms with Crippen LogP contribution in [-0.4, -0.2) is 22.2 Å². The molecule has 0 aliphatic rings. The number of azide groups is 2. The summed E-state index contributed by atoms with van der Waals surface area (Å²) in [5, 5.41) is 26.9. The van der Waals surface area contributed by atoms with E-state index in [1.807, 2.05) is 0 Å². The number of ether oxygens (including phenoxy) is 1. The molecular formula is C16H12N6O5. The van der Waals surface area contributed by atoms with Crippen LogP contribution in [0.25, 0.3) is 20.9 Å². The van der Waals surface area contributed by atoms with Gasteiger partial charge in [0, 0.05) is 21.0 Å². The van der Waals surface area contributed by atoms with Crippen LogP contribution < -0.4 is 0 Å². The van der Waals surface area contributed by atoms with Crippen molar-refractivity contribution < 1.29 is 24.5 Å². The zero-order chi connectivity index (χ0) is 19.9. The molecule has 0 aliphatic carbocycles. The highest BCUT2D eigenvalue weighted by molar-refractivity contribution is 5.94. The minimum Gasteiger partial charge on any atom is -0.388 e. The quantitative estimate of drug-likeness (QED) is 0.260. The summed E-state index contributed by atoms with van der Waals surface area (Å²) in [6.45, 7) is 0. The van der Waals surface area contributed by atoms with Crippen molar-refractivity contribution >= 4 is 11.9 Å². The number of benzene rings is 2. The summed E-state index contributed by atoms with van der Waals surface area (Å²) >= 11 is 0. The Morgan fingerprint density at radius 2 is 1.11 bits per heavy atom. The first-order valence-corrected chi connectivity index (χ1v) is 7.33. The first kappa shape index (κ1) is 19.4. The fourth-order valence-electron chi connectivity index (χ4n) is 2.13. The van der Waals surface area contributed by atoms with Crippen molar-refractivity contribution in [3.8, 4) is 0 Å². The molecule has 2 N–H and O–H groups in total. The molecule has 11 heteroatoms.